The van der Waals surface area contributed by atoms with Crippen LogP contribution in [0, 0.1) is 0 Å². The minimum Gasteiger partial charge on any atom is -0.467 e. The van der Waals surface area contributed by atoms with E-state index in [4.69, 9.17) is 4.42 Å². The van der Waals surface area contributed by atoms with Crippen LogP contribution >= 0.6 is 0 Å². The van der Waals surface area contributed by atoms with E-state index in [0.717, 1.165) is 16.9 Å². The van der Waals surface area contributed by atoms with Crippen molar-refractivity contribution in [2.45, 2.75) is 25.4 Å². The molecule has 5 heteroatoms. The van der Waals surface area contributed by atoms with Crippen LogP contribution in [0.15, 0.2) is 83.5 Å². The minimum atomic E-state index is -0.546. The zero-order valence-electron chi connectivity index (χ0n) is 15.8. The van der Waals surface area contributed by atoms with E-state index >= 15 is 0 Å². The number of benzene rings is 2. The van der Waals surface area contributed by atoms with Crippen molar-refractivity contribution in [3.63, 3.8) is 0 Å². The molecule has 5 nitrogen and oxygen atoms in total. The topological polar surface area (TPSA) is 71.3 Å². The largest absolute Gasteiger partial charge is 0.467 e. The van der Waals surface area contributed by atoms with E-state index in [-0.39, 0.29) is 24.3 Å². The lowest BCUT2D eigenvalue weighted by Crippen LogP contribution is -2.45. The van der Waals surface area contributed by atoms with Crippen molar-refractivity contribution >= 4 is 11.7 Å². The molecule has 1 heterocycles. The monoisotopic (exact) mass is 376 g/mol. The first kappa shape index (κ1) is 19.6. The molecule has 28 heavy (non-hydrogen) atoms. The molecule has 1 aromatic heterocycles. The third-order valence-electron chi connectivity index (χ3n) is 4.54. The molecule has 0 bridgehead atoms. The van der Waals surface area contributed by atoms with Crippen molar-refractivity contribution in [2.75, 3.05) is 6.54 Å². The van der Waals surface area contributed by atoms with Crippen LogP contribution in [0.1, 0.15) is 29.9 Å². The van der Waals surface area contributed by atoms with E-state index in [0.29, 0.717) is 6.42 Å². The van der Waals surface area contributed by atoms with Crippen LogP contribution in [-0.4, -0.2) is 24.3 Å². The van der Waals surface area contributed by atoms with Crippen molar-refractivity contribution in [1.82, 2.24) is 10.6 Å². The third kappa shape index (κ3) is 5.41. The van der Waals surface area contributed by atoms with Crippen LogP contribution in [0.5, 0.6) is 0 Å². The predicted octanol–water partition coefficient (Wildman–Crippen LogP) is 3.28. The van der Waals surface area contributed by atoms with Gasteiger partial charge in [-0.3, -0.25) is 14.9 Å². The number of Topliss-reactive ketones (excluding diaryl/α,β-unsaturated/α-hetero) is 1. The Balaban J connectivity index is 1.63. The Morgan fingerprint density at radius 1 is 0.929 bits per heavy atom. The summed E-state index contributed by atoms with van der Waals surface area (Å²) in [7, 11) is 0. The SMILES string of the molecule is CC(=O)[C@@H](Cc1ccccc1)NC(=O)CN[C@@H](c1ccccc1)c1ccco1. The molecule has 3 aromatic rings. The molecule has 0 radical (unpaired) electrons. The molecule has 144 valence electrons. The smallest absolute Gasteiger partial charge is 0.234 e. The molecule has 2 atom stereocenters. The van der Waals surface area contributed by atoms with Crippen molar-refractivity contribution < 1.29 is 14.0 Å². The number of rotatable bonds is 9. The van der Waals surface area contributed by atoms with Crippen molar-refractivity contribution in [3.05, 3.63) is 95.9 Å². The summed E-state index contributed by atoms with van der Waals surface area (Å²) < 4.78 is 5.53. The second kappa shape index (κ2) is 9.67. The van der Waals surface area contributed by atoms with Gasteiger partial charge in [-0.25, -0.2) is 0 Å². The summed E-state index contributed by atoms with van der Waals surface area (Å²) in [4.78, 5) is 24.5. The molecule has 0 fully saturated rings. The molecular weight excluding hydrogens is 352 g/mol. The van der Waals surface area contributed by atoms with Gasteiger partial charge in [0.25, 0.3) is 0 Å². The van der Waals surface area contributed by atoms with Crippen molar-refractivity contribution in [1.29, 1.82) is 0 Å². The molecule has 0 aliphatic carbocycles. The summed E-state index contributed by atoms with van der Waals surface area (Å²) in [5, 5.41) is 6.06. The molecule has 1 amide bonds. The molecule has 0 unspecified atom stereocenters. The first-order valence-corrected chi connectivity index (χ1v) is 9.29. The zero-order valence-corrected chi connectivity index (χ0v) is 15.8. The summed E-state index contributed by atoms with van der Waals surface area (Å²) >= 11 is 0. The van der Waals surface area contributed by atoms with Crippen molar-refractivity contribution in [3.8, 4) is 0 Å². The van der Waals surface area contributed by atoms with Gasteiger partial charge >= 0.3 is 0 Å². The Morgan fingerprint density at radius 2 is 1.61 bits per heavy atom. The number of carbonyl (C=O) groups is 2. The van der Waals surface area contributed by atoms with Crippen LogP contribution in [0.2, 0.25) is 0 Å². The predicted molar refractivity (Wildman–Crippen MR) is 108 cm³/mol. The van der Waals surface area contributed by atoms with Gasteiger partial charge < -0.3 is 9.73 Å². The molecule has 0 spiro atoms. The number of hydrogen-bond acceptors (Lipinski definition) is 4. The summed E-state index contributed by atoms with van der Waals surface area (Å²) in [5.41, 5.74) is 2.01. The molecule has 2 N–H and O–H groups in total. The Labute approximate surface area is 164 Å². The molecule has 0 saturated heterocycles. The molecule has 2 aromatic carbocycles. The number of carbonyl (C=O) groups excluding carboxylic acids is 2. The Morgan fingerprint density at radius 3 is 2.21 bits per heavy atom. The highest BCUT2D eigenvalue weighted by molar-refractivity contribution is 5.88. The van der Waals surface area contributed by atoms with Crippen LogP contribution in [0.4, 0.5) is 0 Å². The zero-order chi connectivity index (χ0) is 19.8. The van der Waals surface area contributed by atoms with E-state index in [1.165, 1.54) is 6.92 Å². The van der Waals surface area contributed by atoms with Crippen LogP contribution in [-0.2, 0) is 16.0 Å². The first-order valence-electron chi connectivity index (χ1n) is 9.29. The lowest BCUT2D eigenvalue weighted by molar-refractivity contribution is -0.126. The van der Waals surface area contributed by atoms with E-state index in [1.807, 2.05) is 72.8 Å². The fourth-order valence-electron chi connectivity index (χ4n) is 3.07. The lowest BCUT2D eigenvalue weighted by Gasteiger charge is -2.19. The highest BCUT2D eigenvalue weighted by Crippen LogP contribution is 2.21. The number of furan rings is 1. The third-order valence-corrected chi connectivity index (χ3v) is 4.54. The summed E-state index contributed by atoms with van der Waals surface area (Å²) in [6, 6.07) is 22.3. The maximum atomic E-state index is 12.5. The fourth-order valence-corrected chi connectivity index (χ4v) is 3.07. The average molecular weight is 376 g/mol. The number of ketones is 1. The molecule has 3 rings (SSSR count). The van der Waals surface area contributed by atoms with Gasteiger partial charge in [-0.05, 0) is 36.6 Å². The summed E-state index contributed by atoms with van der Waals surface area (Å²) in [6.45, 7) is 1.57. The molecular formula is C23H24N2O3. The Kier molecular flexibility index (Phi) is 6.76. The van der Waals surface area contributed by atoms with Gasteiger partial charge in [-0.2, -0.15) is 0 Å². The molecule has 0 aliphatic heterocycles. The molecule has 0 saturated carbocycles. The Hall–Kier alpha value is -3.18. The number of amides is 1. The second-order valence-corrected chi connectivity index (χ2v) is 6.66. The second-order valence-electron chi connectivity index (χ2n) is 6.66. The number of hydrogen-bond donors (Lipinski definition) is 2. The first-order chi connectivity index (χ1) is 13.6. The van der Waals surface area contributed by atoms with E-state index in [1.54, 1.807) is 6.26 Å². The highest BCUT2D eigenvalue weighted by atomic mass is 16.3. The normalized spacial score (nSPS) is 12.9. The Bertz CT molecular complexity index is 877. The fraction of sp³-hybridized carbons (Fsp3) is 0.217. The lowest BCUT2D eigenvalue weighted by atomic mass is 10.0. The standard InChI is InChI=1S/C23H24N2O3/c1-17(26)20(15-18-9-4-2-5-10-18)25-22(27)16-24-23(21-13-8-14-28-21)19-11-6-3-7-12-19/h2-14,20,23-24H,15-16H2,1H3,(H,25,27)/t20-,23+/m1/s1. The number of nitrogens with one attached hydrogen (secondary N) is 2. The minimum absolute atomic E-state index is 0.0668. The van der Waals surface area contributed by atoms with Gasteiger partial charge in [-0.1, -0.05) is 60.7 Å². The van der Waals surface area contributed by atoms with Crippen LogP contribution < -0.4 is 10.6 Å². The quantitative estimate of drug-likeness (QED) is 0.601. The summed E-state index contributed by atoms with van der Waals surface area (Å²) in [6.07, 6.45) is 2.08. The van der Waals surface area contributed by atoms with Crippen LogP contribution in [0.3, 0.4) is 0 Å². The van der Waals surface area contributed by atoms with E-state index < -0.39 is 6.04 Å². The average Bonchev–Trinajstić information content (AvgIpc) is 3.24. The van der Waals surface area contributed by atoms with Gasteiger partial charge in [0.1, 0.15) is 5.76 Å². The van der Waals surface area contributed by atoms with Gasteiger partial charge in [0.05, 0.1) is 24.9 Å². The van der Waals surface area contributed by atoms with Crippen molar-refractivity contribution in [2.24, 2.45) is 0 Å². The van der Waals surface area contributed by atoms with E-state index in [9.17, 15) is 9.59 Å². The van der Waals surface area contributed by atoms with Gasteiger partial charge in [0, 0.05) is 0 Å². The van der Waals surface area contributed by atoms with Crippen LogP contribution in [0.25, 0.3) is 0 Å². The maximum Gasteiger partial charge on any atom is 0.234 e. The maximum absolute atomic E-state index is 12.5. The molecule has 0 aliphatic rings. The van der Waals surface area contributed by atoms with E-state index in [2.05, 4.69) is 10.6 Å². The highest BCUT2D eigenvalue weighted by Gasteiger charge is 2.20. The van der Waals surface area contributed by atoms with Gasteiger partial charge in [-0.15, -0.1) is 0 Å². The summed E-state index contributed by atoms with van der Waals surface area (Å²) in [5.74, 6) is 0.429. The van der Waals surface area contributed by atoms with Gasteiger partial charge in [0.15, 0.2) is 5.78 Å². The van der Waals surface area contributed by atoms with Gasteiger partial charge in [0.2, 0.25) is 5.91 Å².